The zero-order chi connectivity index (χ0) is 13.7. The Hall–Kier alpha value is -0.650. The van der Waals surface area contributed by atoms with Crippen LogP contribution in [0.15, 0.2) is 0 Å². The first kappa shape index (κ1) is 14.8. The van der Waals surface area contributed by atoms with Crippen molar-refractivity contribution in [2.24, 2.45) is 0 Å². The highest BCUT2D eigenvalue weighted by molar-refractivity contribution is 5.66. The summed E-state index contributed by atoms with van der Waals surface area (Å²) in [5.41, 5.74) is -0.471. The fourth-order valence-corrected chi connectivity index (χ4v) is 3.21. The van der Waals surface area contributed by atoms with Crippen molar-refractivity contribution in [1.82, 2.24) is 9.80 Å². The maximum atomic E-state index is 10.5. The second-order valence-corrected chi connectivity index (χ2v) is 6.05. The first-order chi connectivity index (χ1) is 9.07. The van der Waals surface area contributed by atoms with Crippen molar-refractivity contribution in [3.8, 4) is 0 Å². The maximum absolute atomic E-state index is 10.5. The van der Waals surface area contributed by atoms with E-state index < -0.39 is 11.6 Å². The summed E-state index contributed by atoms with van der Waals surface area (Å²) in [5.74, 6) is -0.723. The van der Waals surface area contributed by atoms with Gasteiger partial charge in [0.05, 0.1) is 12.0 Å². The van der Waals surface area contributed by atoms with Crippen LogP contribution in [0.5, 0.6) is 0 Å². The van der Waals surface area contributed by atoms with Crippen molar-refractivity contribution in [2.45, 2.75) is 44.1 Å². The zero-order valence-corrected chi connectivity index (χ0v) is 11.7. The number of aliphatic hydroxyl groups is 1. The number of aliphatic carboxylic acids is 1. The highest BCUT2D eigenvalue weighted by Gasteiger charge is 2.32. The Labute approximate surface area is 115 Å². The Balaban J connectivity index is 1.69. The van der Waals surface area contributed by atoms with E-state index in [2.05, 4.69) is 9.80 Å². The highest BCUT2D eigenvalue weighted by Crippen LogP contribution is 2.29. The number of hydrogen-bond acceptors (Lipinski definition) is 4. The van der Waals surface area contributed by atoms with Crippen molar-refractivity contribution in [3.63, 3.8) is 0 Å². The van der Waals surface area contributed by atoms with Gasteiger partial charge in [0, 0.05) is 39.3 Å². The number of nitrogens with zero attached hydrogens (tertiary/aromatic N) is 2. The van der Waals surface area contributed by atoms with E-state index in [1.165, 1.54) is 6.42 Å². The standard InChI is InChI=1S/C14H26N2O3/c17-13(18)4-7-15-8-10-16(11-9-15)12-14(19)5-2-1-3-6-14/h19H,1-12H2,(H,17,18). The number of piperazine rings is 1. The molecule has 0 amide bonds. The van der Waals surface area contributed by atoms with Crippen molar-refractivity contribution >= 4 is 5.97 Å². The van der Waals surface area contributed by atoms with E-state index in [1.54, 1.807) is 0 Å². The molecule has 1 saturated carbocycles. The molecule has 19 heavy (non-hydrogen) atoms. The predicted molar refractivity (Wildman–Crippen MR) is 73.2 cm³/mol. The van der Waals surface area contributed by atoms with Gasteiger partial charge in [-0.05, 0) is 12.8 Å². The zero-order valence-electron chi connectivity index (χ0n) is 11.7. The second kappa shape index (κ2) is 6.68. The molecule has 2 fully saturated rings. The number of rotatable bonds is 5. The monoisotopic (exact) mass is 270 g/mol. The van der Waals surface area contributed by atoms with Crippen LogP contribution < -0.4 is 0 Å². The van der Waals surface area contributed by atoms with Gasteiger partial charge in [-0.3, -0.25) is 9.69 Å². The fourth-order valence-electron chi connectivity index (χ4n) is 3.21. The van der Waals surface area contributed by atoms with Crippen LogP contribution in [0.3, 0.4) is 0 Å². The highest BCUT2D eigenvalue weighted by atomic mass is 16.4. The molecule has 5 heteroatoms. The van der Waals surface area contributed by atoms with E-state index in [0.29, 0.717) is 6.54 Å². The third-order valence-corrected chi connectivity index (χ3v) is 4.41. The minimum absolute atomic E-state index is 0.226. The molecule has 2 aliphatic rings. The van der Waals surface area contributed by atoms with Gasteiger partial charge in [0.1, 0.15) is 0 Å². The number of carbonyl (C=O) groups is 1. The third-order valence-electron chi connectivity index (χ3n) is 4.41. The summed E-state index contributed by atoms with van der Waals surface area (Å²) >= 11 is 0. The number of hydrogen-bond donors (Lipinski definition) is 2. The van der Waals surface area contributed by atoms with Crippen molar-refractivity contribution in [3.05, 3.63) is 0 Å². The lowest BCUT2D eigenvalue weighted by Gasteiger charge is -2.41. The van der Waals surface area contributed by atoms with Gasteiger partial charge in [0.25, 0.3) is 0 Å². The molecule has 5 nitrogen and oxygen atoms in total. The van der Waals surface area contributed by atoms with Gasteiger partial charge in [0.2, 0.25) is 0 Å². The molecule has 0 aromatic carbocycles. The first-order valence-corrected chi connectivity index (χ1v) is 7.46. The van der Waals surface area contributed by atoms with E-state index in [9.17, 15) is 9.90 Å². The van der Waals surface area contributed by atoms with Gasteiger partial charge in [-0.1, -0.05) is 19.3 Å². The summed E-state index contributed by atoms with van der Waals surface area (Å²) in [6.45, 7) is 5.17. The summed E-state index contributed by atoms with van der Waals surface area (Å²) in [4.78, 5) is 15.1. The molecule has 1 aliphatic heterocycles. The van der Waals surface area contributed by atoms with Crippen LogP contribution in [0, 0.1) is 0 Å². The van der Waals surface area contributed by atoms with Crippen LogP contribution in [-0.2, 0) is 4.79 Å². The predicted octanol–water partition coefficient (Wildman–Crippen LogP) is 0.774. The van der Waals surface area contributed by atoms with E-state index in [4.69, 9.17) is 5.11 Å². The molecule has 0 atom stereocenters. The van der Waals surface area contributed by atoms with Gasteiger partial charge >= 0.3 is 5.97 Å². The van der Waals surface area contributed by atoms with Gasteiger partial charge < -0.3 is 15.1 Å². The maximum Gasteiger partial charge on any atom is 0.304 e. The average Bonchev–Trinajstić information content (AvgIpc) is 2.38. The molecule has 0 bridgehead atoms. The van der Waals surface area contributed by atoms with E-state index in [1.807, 2.05) is 0 Å². The summed E-state index contributed by atoms with van der Waals surface area (Å²) in [6.07, 6.45) is 5.65. The Morgan fingerprint density at radius 1 is 1.00 bits per heavy atom. The van der Waals surface area contributed by atoms with Crippen LogP contribution in [0.2, 0.25) is 0 Å². The number of carboxylic acid groups (broad SMARTS) is 1. The molecular weight excluding hydrogens is 244 g/mol. The van der Waals surface area contributed by atoms with Crippen molar-refractivity contribution in [1.29, 1.82) is 0 Å². The van der Waals surface area contributed by atoms with Crippen LogP contribution in [-0.4, -0.2) is 70.9 Å². The van der Waals surface area contributed by atoms with Crippen molar-refractivity contribution < 1.29 is 15.0 Å². The number of carboxylic acids is 1. The molecule has 1 heterocycles. The van der Waals surface area contributed by atoms with Gasteiger partial charge in [-0.15, -0.1) is 0 Å². The molecule has 0 unspecified atom stereocenters. The molecule has 2 N–H and O–H groups in total. The van der Waals surface area contributed by atoms with Crippen LogP contribution >= 0.6 is 0 Å². The molecule has 1 aliphatic carbocycles. The second-order valence-electron chi connectivity index (χ2n) is 6.05. The van der Waals surface area contributed by atoms with E-state index in [0.717, 1.165) is 58.4 Å². The quantitative estimate of drug-likeness (QED) is 0.773. The fraction of sp³-hybridized carbons (Fsp3) is 0.929. The largest absolute Gasteiger partial charge is 0.481 e. The lowest BCUT2D eigenvalue weighted by Crippen LogP contribution is -2.52. The minimum atomic E-state index is -0.723. The smallest absolute Gasteiger partial charge is 0.304 e. The molecule has 0 radical (unpaired) electrons. The topological polar surface area (TPSA) is 64.0 Å². The molecule has 0 spiro atoms. The summed E-state index contributed by atoms with van der Waals surface area (Å²) < 4.78 is 0. The van der Waals surface area contributed by atoms with Gasteiger partial charge in [-0.2, -0.15) is 0 Å². The summed E-state index contributed by atoms with van der Waals surface area (Å²) in [6, 6.07) is 0. The SMILES string of the molecule is O=C(O)CCN1CCN(CC2(O)CCCCC2)CC1. The lowest BCUT2D eigenvalue weighted by molar-refractivity contribution is -0.137. The molecule has 0 aromatic heterocycles. The molecule has 110 valence electrons. The lowest BCUT2D eigenvalue weighted by atomic mass is 9.84. The van der Waals surface area contributed by atoms with Gasteiger partial charge in [-0.25, -0.2) is 0 Å². The van der Waals surface area contributed by atoms with Crippen LogP contribution in [0.4, 0.5) is 0 Å². The van der Waals surface area contributed by atoms with E-state index >= 15 is 0 Å². The molecule has 2 rings (SSSR count). The minimum Gasteiger partial charge on any atom is -0.481 e. The Morgan fingerprint density at radius 3 is 2.16 bits per heavy atom. The van der Waals surface area contributed by atoms with Crippen LogP contribution in [0.1, 0.15) is 38.5 Å². The molecule has 0 aromatic rings. The van der Waals surface area contributed by atoms with Gasteiger partial charge in [0.15, 0.2) is 0 Å². The first-order valence-electron chi connectivity index (χ1n) is 7.46. The Bertz CT molecular complexity index is 295. The number of β-amino-alcohol motifs (C(OH)–C–C–N with tert-alkyl or cyclic N) is 1. The van der Waals surface area contributed by atoms with E-state index in [-0.39, 0.29) is 6.42 Å². The molecular formula is C14H26N2O3. The summed E-state index contributed by atoms with van der Waals surface area (Å²) in [5, 5.41) is 19.2. The third kappa shape index (κ3) is 4.75. The average molecular weight is 270 g/mol. The summed E-state index contributed by atoms with van der Waals surface area (Å²) in [7, 11) is 0. The van der Waals surface area contributed by atoms with Crippen molar-refractivity contribution in [2.75, 3.05) is 39.3 Å². The Morgan fingerprint density at radius 2 is 1.58 bits per heavy atom. The molecule has 1 saturated heterocycles. The van der Waals surface area contributed by atoms with Crippen LogP contribution in [0.25, 0.3) is 0 Å². The normalized spacial score (nSPS) is 25.3. The Kier molecular flexibility index (Phi) is 5.19.